The van der Waals surface area contributed by atoms with Gasteiger partial charge in [0.1, 0.15) is 18.1 Å². The Balaban J connectivity index is 2.12. The third-order valence-electron chi connectivity index (χ3n) is 3.36. The Kier molecular flexibility index (Phi) is 5.36. The first-order valence-corrected chi connectivity index (χ1v) is 7.11. The van der Waals surface area contributed by atoms with Gasteiger partial charge in [-0.15, -0.1) is 0 Å². The van der Waals surface area contributed by atoms with Crippen molar-refractivity contribution in [2.75, 3.05) is 7.11 Å². The second-order valence-corrected chi connectivity index (χ2v) is 5.08. The number of rotatable bonds is 7. The van der Waals surface area contributed by atoms with E-state index >= 15 is 0 Å². The average Bonchev–Trinajstić information content (AvgIpc) is 2.52. The summed E-state index contributed by atoms with van der Waals surface area (Å²) in [7, 11) is 1.60. The molecule has 5 nitrogen and oxygen atoms in total. The van der Waals surface area contributed by atoms with Gasteiger partial charge in [0.15, 0.2) is 5.78 Å². The number of hydrogen-bond acceptors (Lipinski definition) is 4. The van der Waals surface area contributed by atoms with E-state index in [4.69, 9.17) is 14.6 Å². The van der Waals surface area contributed by atoms with Crippen LogP contribution in [0, 0.1) is 0 Å². The zero-order valence-corrected chi connectivity index (χ0v) is 13.0. The Labute approximate surface area is 134 Å². The number of ether oxygens (including phenoxy) is 2. The molecule has 0 aliphatic heterocycles. The Morgan fingerprint density at radius 3 is 2.26 bits per heavy atom. The van der Waals surface area contributed by atoms with Gasteiger partial charge in [0.05, 0.1) is 13.5 Å². The van der Waals surface area contributed by atoms with E-state index < -0.39 is 5.97 Å². The van der Waals surface area contributed by atoms with Crippen molar-refractivity contribution in [3.05, 3.63) is 59.2 Å². The lowest BCUT2D eigenvalue weighted by Crippen LogP contribution is -2.07. The zero-order valence-electron chi connectivity index (χ0n) is 13.0. The summed E-state index contributed by atoms with van der Waals surface area (Å²) >= 11 is 0. The highest BCUT2D eigenvalue weighted by Crippen LogP contribution is 2.21. The van der Waals surface area contributed by atoms with E-state index in [2.05, 4.69) is 0 Å². The van der Waals surface area contributed by atoms with Gasteiger partial charge in [-0.3, -0.25) is 9.59 Å². The second kappa shape index (κ2) is 7.45. The van der Waals surface area contributed by atoms with Gasteiger partial charge in [0, 0.05) is 5.56 Å². The first kappa shape index (κ1) is 16.5. The molecule has 0 aliphatic rings. The molecular weight excluding hydrogens is 296 g/mol. The van der Waals surface area contributed by atoms with E-state index in [-0.39, 0.29) is 12.2 Å². The summed E-state index contributed by atoms with van der Waals surface area (Å²) < 4.78 is 10.8. The molecule has 2 rings (SSSR count). The van der Waals surface area contributed by atoms with Gasteiger partial charge in [-0.05, 0) is 48.4 Å². The number of carbonyl (C=O) groups is 2. The minimum Gasteiger partial charge on any atom is -0.497 e. The lowest BCUT2D eigenvalue weighted by atomic mass is 10.0. The van der Waals surface area contributed by atoms with Crippen LogP contribution >= 0.6 is 0 Å². The molecule has 0 saturated heterocycles. The standard InChI is InChI=1S/C18H18O5/c1-12(19)17-8-7-16(9-14(17)10-18(20)21)23-11-13-3-5-15(22-2)6-4-13/h3-9H,10-11H2,1-2H3,(H,20,21). The van der Waals surface area contributed by atoms with Crippen LogP contribution in [0.5, 0.6) is 11.5 Å². The molecule has 0 radical (unpaired) electrons. The number of methoxy groups -OCH3 is 1. The fraction of sp³-hybridized carbons (Fsp3) is 0.222. The van der Waals surface area contributed by atoms with E-state index in [0.29, 0.717) is 23.5 Å². The molecule has 0 saturated carbocycles. The van der Waals surface area contributed by atoms with E-state index in [9.17, 15) is 9.59 Å². The smallest absolute Gasteiger partial charge is 0.307 e. The number of Topliss-reactive ketones (excluding diaryl/α,β-unsaturated/α-hetero) is 1. The molecule has 1 N–H and O–H groups in total. The molecular formula is C18H18O5. The van der Waals surface area contributed by atoms with Gasteiger partial charge in [-0.25, -0.2) is 0 Å². The van der Waals surface area contributed by atoms with Crippen molar-refractivity contribution in [1.82, 2.24) is 0 Å². The molecule has 0 amide bonds. The summed E-state index contributed by atoms with van der Waals surface area (Å²) in [5, 5.41) is 8.96. The SMILES string of the molecule is COc1ccc(COc2ccc(C(C)=O)c(CC(=O)O)c2)cc1. The average molecular weight is 314 g/mol. The zero-order chi connectivity index (χ0) is 16.8. The van der Waals surface area contributed by atoms with Crippen molar-refractivity contribution in [3.8, 4) is 11.5 Å². The normalized spacial score (nSPS) is 10.2. The number of carbonyl (C=O) groups excluding carboxylic acids is 1. The number of carboxylic acid groups (broad SMARTS) is 1. The number of carboxylic acids is 1. The molecule has 0 unspecified atom stereocenters. The fourth-order valence-electron chi connectivity index (χ4n) is 2.20. The molecule has 0 aliphatic carbocycles. The van der Waals surface area contributed by atoms with Crippen molar-refractivity contribution >= 4 is 11.8 Å². The highest BCUT2D eigenvalue weighted by molar-refractivity contribution is 5.96. The number of aliphatic carboxylic acids is 1. The van der Waals surface area contributed by atoms with Gasteiger partial charge >= 0.3 is 5.97 Å². The highest BCUT2D eigenvalue weighted by Gasteiger charge is 2.12. The van der Waals surface area contributed by atoms with Crippen LogP contribution in [0.1, 0.15) is 28.4 Å². The predicted molar refractivity (Wildman–Crippen MR) is 85.1 cm³/mol. The molecule has 0 fully saturated rings. The maximum Gasteiger partial charge on any atom is 0.307 e. The first-order chi connectivity index (χ1) is 11.0. The summed E-state index contributed by atoms with van der Waals surface area (Å²) in [4.78, 5) is 22.5. The van der Waals surface area contributed by atoms with Crippen LogP contribution in [0.2, 0.25) is 0 Å². The quantitative estimate of drug-likeness (QED) is 0.795. The van der Waals surface area contributed by atoms with Crippen LogP contribution in [0.25, 0.3) is 0 Å². The van der Waals surface area contributed by atoms with Crippen LogP contribution in [-0.4, -0.2) is 24.0 Å². The van der Waals surface area contributed by atoms with E-state index in [1.54, 1.807) is 25.3 Å². The highest BCUT2D eigenvalue weighted by atomic mass is 16.5. The molecule has 0 heterocycles. The summed E-state index contributed by atoms with van der Waals surface area (Å²) in [6, 6.07) is 12.3. The van der Waals surface area contributed by atoms with Crippen molar-refractivity contribution in [1.29, 1.82) is 0 Å². The van der Waals surface area contributed by atoms with Gasteiger partial charge < -0.3 is 14.6 Å². The number of ketones is 1. The first-order valence-electron chi connectivity index (χ1n) is 7.11. The molecule has 0 aromatic heterocycles. The van der Waals surface area contributed by atoms with Gasteiger partial charge in [0.2, 0.25) is 0 Å². The minimum atomic E-state index is -0.986. The summed E-state index contributed by atoms with van der Waals surface area (Å²) in [6.07, 6.45) is -0.214. The van der Waals surface area contributed by atoms with Gasteiger partial charge in [-0.2, -0.15) is 0 Å². The number of benzene rings is 2. The fourth-order valence-corrected chi connectivity index (χ4v) is 2.20. The van der Waals surface area contributed by atoms with Crippen LogP contribution in [0.15, 0.2) is 42.5 Å². The Morgan fingerprint density at radius 1 is 1.04 bits per heavy atom. The third-order valence-corrected chi connectivity index (χ3v) is 3.36. The van der Waals surface area contributed by atoms with Crippen LogP contribution < -0.4 is 9.47 Å². The summed E-state index contributed by atoms with van der Waals surface area (Å²) in [5.41, 5.74) is 1.82. The van der Waals surface area contributed by atoms with E-state index in [1.807, 2.05) is 24.3 Å². The molecule has 23 heavy (non-hydrogen) atoms. The molecule has 2 aromatic rings. The predicted octanol–water partition coefficient (Wildman–Crippen LogP) is 3.10. The van der Waals surface area contributed by atoms with E-state index in [1.165, 1.54) is 6.92 Å². The molecule has 0 spiro atoms. The molecule has 0 bridgehead atoms. The van der Waals surface area contributed by atoms with Crippen LogP contribution in [0.3, 0.4) is 0 Å². The lowest BCUT2D eigenvalue weighted by molar-refractivity contribution is -0.136. The van der Waals surface area contributed by atoms with Crippen molar-refractivity contribution in [2.45, 2.75) is 20.0 Å². The largest absolute Gasteiger partial charge is 0.497 e. The maximum absolute atomic E-state index is 11.6. The maximum atomic E-state index is 11.6. The molecule has 2 aromatic carbocycles. The molecule has 0 atom stereocenters. The van der Waals surface area contributed by atoms with Crippen LogP contribution in [-0.2, 0) is 17.8 Å². The molecule has 120 valence electrons. The van der Waals surface area contributed by atoms with Gasteiger partial charge in [0.25, 0.3) is 0 Å². The monoisotopic (exact) mass is 314 g/mol. The third kappa shape index (κ3) is 4.57. The Bertz CT molecular complexity index is 704. The number of hydrogen-bond donors (Lipinski definition) is 1. The summed E-state index contributed by atoms with van der Waals surface area (Å²) in [6.45, 7) is 1.76. The van der Waals surface area contributed by atoms with E-state index in [0.717, 1.165) is 11.3 Å². The van der Waals surface area contributed by atoms with Crippen molar-refractivity contribution in [2.24, 2.45) is 0 Å². The Hall–Kier alpha value is -2.82. The molecule has 5 heteroatoms. The summed E-state index contributed by atoms with van der Waals surface area (Å²) in [5.74, 6) is 0.146. The minimum absolute atomic E-state index is 0.164. The van der Waals surface area contributed by atoms with Crippen molar-refractivity contribution in [3.63, 3.8) is 0 Å². The Morgan fingerprint density at radius 2 is 1.70 bits per heavy atom. The van der Waals surface area contributed by atoms with Gasteiger partial charge in [-0.1, -0.05) is 12.1 Å². The second-order valence-electron chi connectivity index (χ2n) is 5.08. The van der Waals surface area contributed by atoms with Crippen molar-refractivity contribution < 1.29 is 24.2 Å². The van der Waals surface area contributed by atoms with Crippen LogP contribution in [0.4, 0.5) is 0 Å². The lowest BCUT2D eigenvalue weighted by Gasteiger charge is -2.10. The topological polar surface area (TPSA) is 72.8 Å².